The van der Waals surface area contributed by atoms with Gasteiger partial charge in [-0.2, -0.15) is 0 Å². The quantitative estimate of drug-likeness (QED) is 0.560. The Kier molecular flexibility index (Phi) is 3.59. The molecule has 1 fully saturated rings. The molecule has 4 heteroatoms. The summed E-state index contributed by atoms with van der Waals surface area (Å²) >= 11 is 0. The van der Waals surface area contributed by atoms with Crippen LogP contribution in [0, 0.1) is 16.7 Å². The summed E-state index contributed by atoms with van der Waals surface area (Å²) in [6.45, 7) is 5.38. The summed E-state index contributed by atoms with van der Waals surface area (Å²) in [5, 5.41) is 40.6. The van der Waals surface area contributed by atoms with Gasteiger partial charge in [0.1, 0.15) is 5.60 Å². The van der Waals surface area contributed by atoms with Gasteiger partial charge in [0.2, 0.25) is 0 Å². The second kappa shape index (κ2) is 4.55. The first-order chi connectivity index (χ1) is 8.73. The minimum absolute atomic E-state index is 0.104. The molecule has 0 aromatic rings. The van der Waals surface area contributed by atoms with Gasteiger partial charge in [0.25, 0.3) is 0 Å². The van der Waals surface area contributed by atoms with E-state index in [-0.39, 0.29) is 17.9 Å². The molecule has 0 radical (unpaired) electrons. The maximum Gasteiger partial charge on any atom is 0.117 e. The van der Waals surface area contributed by atoms with Gasteiger partial charge in [0.15, 0.2) is 0 Å². The van der Waals surface area contributed by atoms with Crippen LogP contribution in [0.15, 0.2) is 11.6 Å². The zero-order valence-corrected chi connectivity index (χ0v) is 12.1. The Morgan fingerprint density at radius 2 is 1.84 bits per heavy atom. The van der Waals surface area contributed by atoms with Crippen molar-refractivity contribution in [1.82, 2.24) is 0 Å². The van der Waals surface area contributed by atoms with Gasteiger partial charge in [-0.3, -0.25) is 0 Å². The molecule has 2 aliphatic carbocycles. The highest BCUT2D eigenvalue weighted by Gasteiger charge is 2.62. The molecule has 0 aromatic heterocycles. The van der Waals surface area contributed by atoms with E-state index < -0.39 is 23.7 Å². The molecule has 0 amide bonds. The number of aliphatic hydroxyl groups excluding tert-OH is 3. The van der Waals surface area contributed by atoms with Crippen molar-refractivity contribution < 1.29 is 20.4 Å². The van der Waals surface area contributed by atoms with Crippen LogP contribution in [0.2, 0.25) is 0 Å². The van der Waals surface area contributed by atoms with Crippen molar-refractivity contribution in [2.45, 2.75) is 51.7 Å². The normalized spacial score (nSPS) is 45.5. The number of fused-ring (bicyclic) bond motifs is 1. The molecular weight excluding hydrogens is 244 g/mol. The Bertz CT molecular complexity index is 390. The molecule has 0 bridgehead atoms. The highest BCUT2D eigenvalue weighted by Crippen LogP contribution is 2.60. The zero-order chi connectivity index (χ0) is 14.5. The van der Waals surface area contributed by atoms with E-state index >= 15 is 0 Å². The van der Waals surface area contributed by atoms with Crippen LogP contribution in [0.1, 0.15) is 40.0 Å². The summed E-state index contributed by atoms with van der Waals surface area (Å²) in [6, 6.07) is 0. The molecule has 0 unspecified atom stereocenters. The predicted molar refractivity (Wildman–Crippen MR) is 72.4 cm³/mol. The van der Waals surface area contributed by atoms with Crippen molar-refractivity contribution >= 4 is 0 Å². The molecule has 0 saturated heterocycles. The maximum atomic E-state index is 11.0. The molecule has 4 N–H and O–H groups in total. The third kappa shape index (κ3) is 1.88. The summed E-state index contributed by atoms with van der Waals surface area (Å²) in [6.07, 6.45) is 3.54. The van der Waals surface area contributed by atoms with Crippen molar-refractivity contribution in [2.75, 3.05) is 13.2 Å². The minimum Gasteiger partial charge on any atom is -0.393 e. The fourth-order valence-corrected chi connectivity index (χ4v) is 4.66. The summed E-state index contributed by atoms with van der Waals surface area (Å²) in [5.41, 5.74) is -1.81. The van der Waals surface area contributed by atoms with E-state index in [1.165, 1.54) is 6.08 Å². The molecule has 4 atom stereocenters. The average Bonchev–Trinajstić information content (AvgIpc) is 2.32. The zero-order valence-electron chi connectivity index (χ0n) is 12.1. The molecule has 110 valence electrons. The van der Waals surface area contributed by atoms with Crippen molar-refractivity contribution in [3.05, 3.63) is 11.6 Å². The Hall–Kier alpha value is -0.420. The summed E-state index contributed by atoms with van der Waals surface area (Å²) < 4.78 is 0. The third-order valence-corrected chi connectivity index (χ3v) is 5.63. The van der Waals surface area contributed by atoms with Gasteiger partial charge in [-0.25, -0.2) is 0 Å². The summed E-state index contributed by atoms with van der Waals surface area (Å²) in [5.74, 6) is -0.124. The van der Waals surface area contributed by atoms with Crippen molar-refractivity contribution in [2.24, 2.45) is 16.7 Å². The number of aliphatic hydroxyl groups is 4. The highest BCUT2D eigenvalue weighted by molar-refractivity contribution is 5.31. The fourth-order valence-electron chi connectivity index (χ4n) is 4.66. The van der Waals surface area contributed by atoms with Gasteiger partial charge in [0, 0.05) is 11.3 Å². The first kappa shape index (κ1) is 15.0. The Balaban J connectivity index is 2.59. The average molecular weight is 270 g/mol. The standard InChI is InChI=1S/C15H26O4/c1-13(2)5-4-6-14(3)12(13)11(18)7-10(8-16)15(14,19)9-17/h7,11-12,16-19H,4-6,8-9H2,1-3H3/t11-,12+,14+,15-/m0/s1. The second-order valence-corrected chi connectivity index (χ2v) is 7.10. The van der Waals surface area contributed by atoms with Crippen LogP contribution >= 0.6 is 0 Å². The third-order valence-electron chi connectivity index (χ3n) is 5.63. The lowest BCUT2D eigenvalue weighted by atomic mass is 9.46. The molecule has 1 saturated carbocycles. The molecule has 4 nitrogen and oxygen atoms in total. The minimum atomic E-state index is -1.44. The maximum absolute atomic E-state index is 11.0. The van der Waals surface area contributed by atoms with Crippen LogP contribution in [0.25, 0.3) is 0 Å². The second-order valence-electron chi connectivity index (χ2n) is 7.10. The van der Waals surface area contributed by atoms with Gasteiger partial charge in [-0.1, -0.05) is 33.3 Å². The molecule has 0 heterocycles. The smallest absolute Gasteiger partial charge is 0.117 e. The number of hydrogen-bond acceptors (Lipinski definition) is 4. The van der Waals surface area contributed by atoms with Gasteiger partial charge in [-0.05, 0) is 23.8 Å². The molecule has 2 rings (SSSR count). The van der Waals surface area contributed by atoms with Crippen LogP contribution in [0.5, 0.6) is 0 Å². The van der Waals surface area contributed by atoms with Gasteiger partial charge < -0.3 is 20.4 Å². The Morgan fingerprint density at radius 3 is 2.37 bits per heavy atom. The Labute approximate surface area is 114 Å². The topological polar surface area (TPSA) is 80.9 Å². The largest absolute Gasteiger partial charge is 0.393 e. The molecule has 19 heavy (non-hydrogen) atoms. The van der Waals surface area contributed by atoms with Crippen molar-refractivity contribution in [3.63, 3.8) is 0 Å². The van der Waals surface area contributed by atoms with Crippen LogP contribution in [0.4, 0.5) is 0 Å². The fraction of sp³-hybridized carbons (Fsp3) is 0.867. The molecule has 0 aromatic carbocycles. The predicted octanol–water partition coefficient (Wildman–Crippen LogP) is 0.836. The lowest BCUT2D eigenvalue weighted by Crippen LogP contribution is -2.64. The monoisotopic (exact) mass is 270 g/mol. The Morgan fingerprint density at radius 1 is 1.21 bits per heavy atom. The van der Waals surface area contributed by atoms with Gasteiger partial charge >= 0.3 is 0 Å². The lowest BCUT2D eigenvalue weighted by Gasteiger charge is -2.61. The molecule has 0 aliphatic heterocycles. The van der Waals surface area contributed by atoms with E-state index in [0.717, 1.165) is 19.3 Å². The van der Waals surface area contributed by atoms with Gasteiger partial charge in [0.05, 0.1) is 19.3 Å². The van der Waals surface area contributed by atoms with E-state index in [0.29, 0.717) is 5.57 Å². The number of rotatable bonds is 2. The van der Waals surface area contributed by atoms with Crippen LogP contribution in [0.3, 0.4) is 0 Å². The molecule has 2 aliphatic rings. The SMILES string of the molecule is CC1(C)CCC[C@]2(C)[C@@H]1[C@@H](O)C=C(CO)[C@@]2(O)CO. The van der Waals surface area contributed by atoms with E-state index in [9.17, 15) is 20.4 Å². The van der Waals surface area contributed by atoms with E-state index in [1.54, 1.807) is 0 Å². The van der Waals surface area contributed by atoms with Crippen LogP contribution < -0.4 is 0 Å². The lowest BCUT2D eigenvalue weighted by molar-refractivity contribution is -0.188. The molecular formula is C15H26O4. The summed E-state index contributed by atoms with van der Waals surface area (Å²) in [4.78, 5) is 0. The van der Waals surface area contributed by atoms with E-state index in [1.807, 2.05) is 6.92 Å². The van der Waals surface area contributed by atoms with Crippen molar-refractivity contribution in [3.8, 4) is 0 Å². The van der Waals surface area contributed by atoms with Crippen LogP contribution in [-0.4, -0.2) is 45.3 Å². The van der Waals surface area contributed by atoms with E-state index in [2.05, 4.69) is 13.8 Å². The van der Waals surface area contributed by atoms with Gasteiger partial charge in [-0.15, -0.1) is 0 Å². The van der Waals surface area contributed by atoms with E-state index in [4.69, 9.17) is 0 Å². The molecule has 0 spiro atoms. The number of hydrogen-bond donors (Lipinski definition) is 4. The first-order valence-electron chi connectivity index (χ1n) is 7.06. The highest BCUT2D eigenvalue weighted by atomic mass is 16.3. The summed E-state index contributed by atoms with van der Waals surface area (Å²) in [7, 11) is 0. The van der Waals surface area contributed by atoms with Crippen LogP contribution in [-0.2, 0) is 0 Å². The van der Waals surface area contributed by atoms with Crippen molar-refractivity contribution in [1.29, 1.82) is 0 Å². The first-order valence-corrected chi connectivity index (χ1v) is 7.06.